The molecule has 0 atom stereocenters. The average molecular weight is 316 g/mol. The second kappa shape index (κ2) is 9.02. The average Bonchev–Trinajstić information content (AvgIpc) is 2.60. The van der Waals surface area contributed by atoms with Crippen molar-refractivity contribution in [1.82, 2.24) is 0 Å². The number of hydrogen-bond acceptors (Lipinski definition) is 5. The van der Waals surface area contributed by atoms with E-state index in [1.807, 2.05) is 48.5 Å². The van der Waals surface area contributed by atoms with Crippen molar-refractivity contribution >= 4 is 11.4 Å². The van der Waals surface area contributed by atoms with E-state index in [2.05, 4.69) is 5.32 Å². The third kappa shape index (κ3) is 5.47. The zero-order chi connectivity index (χ0) is 16.5. The molecule has 0 spiro atoms. The molecule has 0 radical (unpaired) electrons. The van der Waals surface area contributed by atoms with Gasteiger partial charge in [0.25, 0.3) is 0 Å². The van der Waals surface area contributed by atoms with E-state index in [0.717, 1.165) is 23.4 Å². The molecule has 2 aromatic carbocycles. The lowest BCUT2D eigenvalue weighted by atomic mass is 10.2. The molecule has 0 heterocycles. The number of ether oxygens (including phenoxy) is 3. The maximum absolute atomic E-state index is 6.00. The van der Waals surface area contributed by atoms with E-state index in [4.69, 9.17) is 19.9 Å². The van der Waals surface area contributed by atoms with Gasteiger partial charge >= 0.3 is 0 Å². The number of hydrogen-bond donors (Lipinski definition) is 2. The summed E-state index contributed by atoms with van der Waals surface area (Å²) in [4.78, 5) is 0. The second-order valence-electron chi connectivity index (χ2n) is 5.14. The first-order valence-corrected chi connectivity index (χ1v) is 7.58. The third-order valence-corrected chi connectivity index (χ3v) is 3.49. The molecule has 3 N–H and O–H groups in total. The van der Waals surface area contributed by atoms with Crippen molar-refractivity contribution in [3.63, 3.8) is 0 Å². The van der Waals surface area contributed by atoms with Gasteiger partial charge in [-0.2, -0.15) is 0 Å². The van der Waals surface area contributed by atoms with Gasteiger partial charge in [-0.25, -0.2) is 0 Å². The summed E-state index contributed by atoms with van der Waals surface area (Å²) in [5.74, 6) is 0.778. The van der Waals surface area contributed by atoms with Crippen LogP contribution in [0.5, 0.6) is 5.75 Å². The number of nitrogen functional groups attached to an aromatic ring is 1. The lowest BCUT2D eigenvalue weighted by molar-refractivity contribution is -0.103. The van der Waals surface area contributed by atoms with Gasteiger partial charge in [-0.15, -0.1) is 0 Å². The first kappa shape index (κ1) is 17.1. The summed E-state index contributed by atoms with van der Waals surface area (Å²) in [7, 11) is 3.25. The lowest BCUT2D eigenvalue weighted by Gasteiger charge is -2.15. The monoisotopic (exact) mass is 316 g/mol. The smallest absolute Gasteiger partial charge is 0.158 e. The van der Waals surface area contributed by atoms with Crippen LogP contribution in [-0.4, -0.2) is 27.1 Å². The predicted octanol–water partition coefficient (Wildman–Crippen LogP) is 3.27. The summed E-state index contributed by atoms with van der Waals surface area (Å²) < 4.78 is 16.1. The Balaban J connectivity index is 1.90. The molecule has 0 aliphatic carbocycles. The van der Waals surface area contributed by atoms with Gasteiger partial charge in [0.05, 0.1) is 11.4 Å². The number of methoxy groups -OCH3 is 2. The van der Waals surface area contributed by atoms with Crippen LogP contribution in [0.1, 0.15) is 12.0 Å². The number of benzene rings is 2. The molecule has 0 aliphatic heterocycles. The molecule has 2 aromatic rings. The van der Waals surface area contributed by atoms with Gasteiger partial charge in [0.1, 0.15) is 12.4 Å². The van der Waals surface area contributed by atoms with Crippen molar-refractivity contribution in [3.8, 4) is 5.75 Å². The number of nitrogens with one attached hydrogen (secondary N) is 1. The zero-order valence-electron chi connectivity index (χ0n) is 13.6. The van der Waals surface area contributed by atoms with Crippen molar-refractivity contribution in [3.05, 3.63) is 54.1 Å². The Hall–Kier alpha value is -2.24. The Bertz CT molecular complexity index is 586. The minimum Gasteiger partial charge on any atom is -0.489 e. The van der Waals surface area contributed by atoms with Gasteiger partial charge in [-0.05, 0) is 17.7 Å². The summed E-state index contributed by atoms with van der Waals surface area (Å²) in [6.45, 7) is 1.22. The SMILES string of the molecule is COC(CCNc1cc(OCc2ccccc2)ccc1N)OC. The number of rotatable bonds is 9. The van der Waals surface area contributed by atoms with Crippen LogP contribution in [-0.2, 0) is 16.1 Å². The second-order valence-corrected chi connectivity index (χ2v) is 5.14. The fourth-order valence-electron chi connectivity index (χ4n) is 2.18. The van der Waals surface area contributed by atoms with Crippen molar-refractivity contribution in [1.29, 1.82) is 0 Å². The molecular formula is C18H24N2O3. The first-order valence-electron chi connectivity index (χ1n) is 7.58. The molecule has 124 valence electrons. The van der Waals surface area contributed by atoms with Gasteiger partial charge < -0.3 is 25.3 Å². The van der Waals surface area contributed by atoms with Gasteiger partial charge in [0.2, 0.25) is 0 Å². The van der Waals surface area contributed by atoms with Crippen LogP contribution in [0.4, 0.5) is 11.4 Å². The molecule has 0 unspecified atom stereocenters. The third-order valence-electron chi connectivity index (χ3n) is 3.49. The molecule has 0 bridgehead atoms. The van der Waals surface area contributed by atoms with Gasteiger partial charge in [-0.1, -0.05) is 30.3 Å². The van der Waals surface area contributed by atoms with E-state index in [9.17, 15) is 0 Å². The molecule has 23 heavy (non-hydrogen) atoms. The van der Waals surface area contributed by atoms with Crippen LogP contribution in [0.25, 0.3) is 0 Å². The number of nitrogens with two attached hydrogens (primary N) is 1. The standard InChI is InChI=1S/C18H24N2O3/c1-21-18(22-2)10-11-20-17-12-15(8-9-16(17)19)23-13-14-6-4-3-5-7-14/h3-9,12,18,20H,10-11,13,19H2,1-2H3. The Morgan fingerprint density at radius 1 is 1.04 bits per heavy atom. The Morgan fingerprint density at radius 2 is 1.78 bits per heavy atom. The molecule has 0 aliphatic rings. The molecule has 5 nitrogen and oxygen atoms in total. The predicted molar refractivity (Wildman–Crippen MR) is 92.5 cm³/mol. The van der Waals surface area contributed by atoms with Crippen LogP contribution < -0.4 is 15.8 Å². The largest absolute Gasteiger partial charge is 0.489 e. The normalized spacial score (nSPS) is 10.7. The van der Waals surface area contributed by atoms with E-state index < -0.39 is 0 Å². The van der Waals surface area contributed by atoms with Crippen LogP contribution in [0.15, 0.2) is 48.5 Å². The van der Waals surface area contributed by atoms with Gasteiger partial charge in [0, 0.05) is 33.3 Å². The van der Waals surface area contributed by atoms with E-state index in [0.29, 0.717) is 18.8 Å². The van der Waals surface area contributed by atoms with Crippen LogP contribution in [0.3, 0.4) is 0 Å². The molecule has 0 saturated carbocycles. The molecule has 0 amide bonds. The lowest BCUT2D eigenvalue weighted by Crippen LogP contribution is -2.18. The van der Waals surface area contributed by atoms with E-state index in [1.165, 1.54) is 0 Å². The Morgan fingerprint density at radius 3 is 2.48 bits per heavy atom. The molecule has 0 fully saturated rings. The zero-order valence-corrected chi connectivity index (χ0v) is 13.6. The quantitative estimate of drug-likeness (QED) is 0.549. The topological polar surface area (TPSA) is 65.7 Å². The van der Waals surface area contributed by atoms with Crippen LogP contribution >= 0.6 is 0 Å². The summed E-state index contributed by atoms with van der Waals surface area (Å²) in [6.07, 6.45) is 0.503. The molecule has 0 saturated heterocycles. The van der Waals surface area contributed by atoms with E-state index in [-0.39, 0.29) is 6.29 Å². The number of anilines is 2. The molecule has 2 rings (SSSR count). The summed E-state index contributed by atoms with van der Waals surface area (Å²) in [5, 5.41) is 3.29. The highest BCUT2D eigenvalue weighted by Crippen LogP contribution is 2.25. The van der Waals surface area contributed by atoms with E-state index in [1.54, 1.807) is 14.2 Å². The van der Waals surface area contributed by atoms with E-state index >= 15 is 0 Å². The van der Waals surface area contributed by atoms with Crippen LogP contribution in [0.2, 0.25) is 0 Å². The summed E-state index contributed by atoms with van der Waals surface area (Å²) >= 11 is 0. The summed E-state index contributed by atoms with van der Waals surface area (Å²) in [6, 6.07) is 15.7. The Kier molecular flexibility index (Phi) is 6.72. The van der Waals surface area contributed by atoms with Crippen molar-refractivity contribution in [2.75, 3.05) is 31.8 Å². The van der Waals surface area contributed by atoms with Crippen molar-refractivity contribution in [2.24, 2.45) is 0 Å². The highest BCUT2D eigenvalue weighted by atomic mass is 16.7. The maximum atomic E-state index is 6.00. The van der Waals surface area contributed by atoms with Gasteiger partial charge in [0.15, 0.2) is 6.29 Å². The van der Waals surface area contributed by atoms with Crippen molar-refractivity contribution in [2.45, 2.75) is 19.3 Å². The highest BCUT2D eigenvalue weighted by molar-refractivity contribution is 5.68. The first-order chi connectivity index (χ1) is 11.2. The Labute approximate surface area is 137 Å². The molecular weight excluding hydrogens is 292 g/mol. The molecule has 5 heteroatoms. The van der Waals surface area contributed by atoms with Crippen LogP contribution in [0, 0.1) is 0 Å². The summed E-state index contributed by atoms with van der Waals surface area (Å²) in [5.41, 5.74) is 8.66. The maximum Gasteiger partial charge on any atom is 0.158 e. The fraction of sp³-hybridized carbons (Fsp3) is 0.333. The minimum atomic E-state index is -0.221. The van der Waals surface area contributed by atoms with Gasteiger partial charge in [-0.3, -0.25) is 0 Å². The molecule has 0 aromatic heterocycles. The highest BCUT2D eigenvalue weighted by Gasteiger charge is 2.06. The minimum absolute atomic E-state index is 0.221. The van der Waals surface area contributed by atoms with Crippen molar-refractivity contribution < 1.29 is 14.2 Å². The fourth-order valence-corrected chi connectivity index (χ4v) is 2.18.